The second kappa shape index (κ2) is 6.53. The summed E-state index contributed by atoms with van der Waals surface area (Å²) in [6, 6.07) is 5.30. The van der Waals surface area contributed by atoms with E-state index in [-0.39, 0.29) is 22.6 Å². The zero-order chi connectivity index (χ0) is 15.4. The molecule has 1 amide bonds. The Labute approximate surface area is 123 Å². The van der Waals surface area contributed by atoms with Gasteiger partial charge in [0.25, 0.3) is 5.69 Å². The Morgan fingerprint density at radius 3 is 3.00 bits per heavy atom. The maximum atomic E-state index is 11.3. The number of amides is 1. The van der Waals surface area contributed by atoms with Gasteiger partial charge in [-0.2, -0.15) is 0 Å². The number of carbonyl (C=O) groups is 1. The molecule has 0 spiro atoms. The first-order chi connectivity index (χ1) is 9.99. The van der Waals surface area contributed by atoms with Gasteiger partial charge < -0.3 is 15.0 Å². The molecule has 1 N–H and O–H groups in total. The maximum absolute atomic E-state index is 11.3. The molecular formula is C14H19N3O4. The number of morpholine rings is 1. The predicted molar refractivity (Wildman–Crippen MR) is 78.5 cm³/mol. The summed E-state index contributed by atoms with van der Waals surface area (Å²) in [5.74, 6) is -0.114. The van der Waals surface area contributed by atoms with Crippen molar-refractivity contribution in [1.82, 2.24) is 5.32 Å². The van der Waals surface area contributed by atoms with Crippen LogP contribution in [0.25, 0.3) is 0 Å². The van der Waals surface area contributed by atoms with Gasteiger partial charge >= 0.3 is 0 Å². The van der Waals surface area contributed by atoms with Gasteiger partial charge in [-0.1, -0.05) is 12.1 Å². The maximum Gasteiger partial charge on any atom is 0.295 e. The summed E-state index contributed by atoms with van der Waals surface area (Å²) >= 11 is 0. The van der Waals surface area contributed by atoms with E-state index < -0.39 is 0 Å². The van der Waals surface area contributed by atoms with Crippen LogP contribution in [0.5, 0.6) is 0 Å². The largest absolute Gasteiger partial charge is 0.373 e. The summed E-state index contributed by atoms with van der Waals surface area (Å²) in [4.78, 5) is 23.8. The Balaban J connectivity index is 2.16. The van der Waals surface area contributed by atoms with Crippen molar-refractivity contribution in [2.45, 2.75) is 20.0 Å². The van der Waals surface area contributed by atoms with Crippen LogP contribution in [-0.2, 0) is 9.53 Å². The number of carbonyl (C=O) groups excluding carboxylic acids is 1. The van der Waals surface area contributed by atoms with Gasteiger partial charge in [0, 0.05) is 32.1 Å². The van der Waals surface area contributed by atoms with Gasteiger partial charge in [0.05, 0.1) is 17.6 Å². The minimum absolute atomic E-state index is 0.114. The highest BCUT2D eigenvalue weighted by molar-refractivity contribution is 5.72. The molecule has 1 saturated heterocycles. The van der Waals surface area contributed by atoms with Gasteiger partial charge in [-0.15, -0.1) is 0 Å². The predicted octanol–water partition coefficient (Wildman–Crippen LogP) is 1.24. The van der Waals surface area contributed by atoms with Crippen molar-refractivity contribution in [3.8, 4) is 0 Å². The lowest BCUT2D eigenvalue weighted by molar-refractivity contribution is -0.384. The Morgan fingerprint density at radius 2 is 2.33 bits per heavy atom. The number of benzene rings is 1. The number of para-hydroxylation sites is 1. The molecule has 0 aromatic heterocycles. The van der Waals surface area contributed by atoms with Crippen LogP contribution in [0.2, 0.25) is 0 Å². The van der Waals surface area contributed by atoms with Crippen LogP contribution in [0.4, 0.5) is 11.4 Å². The fourth-order valence-electron chi connectivity index (χ4n) is 2.46. The van der Waals surface area contributed by atoms with Crippen molar-refractivity contribution >= 4 is 17.3 Å². The van der Waals surface area contributed by atoms with Gasteiger partial charge in [-0.25, -0.2) is 0 Å². The van der Waals surface area contributed by atoms with Crippen LogP contribution in [0.3, 0.4) is 0 Å². The van der Waals surface area contributed by atoms with E-state index in [1.807, 2.05) is 11.0 Å². The summed E-state index contributed by atoms with van der Waals surface area (Å²) in [6.07, 6.45) is -0.164. The quantitative estimate of drug-likeness (QED) is 0.667. The van der Waals surface area contributed by atoms with Crippen molar-refractivity contribution in [3.63, 3.8) is 0 Å². The second-order valence-electron chi connectivity index (χ2n) is 5.08. The van der Waals surface area contributed by atoms with Crippen molar-refractivity contribution in [2.75, 3.05) is 31.1 Å². The lowest BCUT2D eigenvalue weighted by Gasteiger charge is -2.34. The molecule has 1 aromatic carbocycles. The molecule has 7 heteroatoms. The summed E-state index contributed by atoms with van der Waals surface area (Å²) in [7, 11) is 0. The molecule has 1 aromatic rings. The van der Waals surface area contributed by atoms with E-state index in [4.69, 9.17) is 4.74 Å². The number of hydrogen-bond acceptors (Lipinski definition) is 5. The fourth-order valence-corrected chi connectivity index (χ4v) is 2.46. The molecule has 2 rings (SSSR count). The van der Waals surface area contributed by atoms with Crippen LogP contribution < -0.4 is 10.2 Å². The van der Waals surface area contributed by atoms with Crippen LogP contribution in [-0.4, -0.2) is 43.2 Å². The van der Waals surface area contributed by atoms with Crippen LogP contribution in [0, 0.1) is 17.0 Å². The second-order valence-corrected chi connectivity index (χ2v) is 5.08. The number of nitro benzene ring substituents is 1. The molecule has 1 heterocycles. The number of ether oxygens (including phenoxy) is 1. The van der Waals surface area contributed by atoms with Crippen molar-refractivity contribution < 1.29 is 14.5 Å². The summed E-state index contributed by atoms with van der Waals surface area (Å²) < 4.78 is 5.58. The number of nitro groups is 1. The molecule has 1 aliphatic rings. The number of aryl methyl sites for hydroxylation is 1. The average molecular weight is 293 g/mol. The Hall–Kier alpha value is -2.15. The van der Waals surface area contributed by atoms with Crippen molar-refractivity contribution in [2.24, 2.45) is 0 Å². The van der Waals surface area contributed by atoms with Crippen molar-refractivity contribution in [1.29, 1.82) is 0 Å². The van der Waals surface area contributed by atoms with Gasteiger partial charge in [0.2, 0.25) is 5.91 Å². The molecule has 0 radical (unpaired) electrons. The molecule has 0 saturated carbocycles. The summed E-state index contributed by atoms with van der Waals surface area (Å²) in [5.41, 5.74) is 1.39. The van der Waals surface area contributed by atoms with Gasteiger partial charge in [-0.05, 0) is 13.0 Å². The van der Waals surface area contributed by atoms with E-state index in [1.54, 1.807) is 19.1 Å². The lowest BCUT2D eigenvalue weighted by Crippen LogP contribution is -2.47. The van der Waals surface area contributed by atoms with E-state index in [2.05, 4.69) is 5.32 Å². The summed E-state index contributed by atoms with van der Waals surface area (Å²) in [5, 5.41) is 14.0. The molecule has 7 nitrogen and oxygen atoms in total. The Bertz CT molecular complexity index is 547. The van der Waals surface area contributed by atoms with E-state index in [9.17, 15) is 14.9 Å². The SMILES string of the molecule is CC(=O)NC[C@H]1CN(c2cccc(C)c2[N+](=O)[O-])CCO1. The average Bonchev–Trinajstić information content (AvgIpc) is 2.44. The third kappa shape index (κ3) is 3.69. The van der Waals surface area contributed by atoms with Gasteiger partial charge in [0.15, 0.2) is 0 Å². The highest BCUT2D eigenvalue weighted by atomic mass is 16.6. The minimum atomic E-state index is -0.344. The highest BCUT2D eigenvalue weighted by Gasteiger charge is 2.27. The smallest absolute Gasteiger partial charge is 0.295 e. The highest BCUT2D eigenvalue weighted by Crippen LogP contribution is 2.32. The van der Waals surface area contributed by atoms with E-state index in [1.165, 1.54) is 6.92 Å². The Kier molecular flexibility index (Phi) is 4.74. The van der Waals surface area contributed by atoms with Crippen molar-refractivity contribution in [3.05, 3.63) is 33.9 Å². The number of nitrogens with zero attached hydrogens (tertiary/aromatic N) is 2. The third-order valence-electron chi connectivity index (χ3n) is 3.46. The third-order valence-corrected chi connectivity index (χ3v) is 3.46. The molecular weight excluding hydrogens is 274 g/mol. The molecule has 0 aliphatic carbocycles. The number of rotatable bonds is 4. The first-order valence-electron chi connectivity index (χ1n) is 6.84. The lowest BCUT2D eigenvalue weighted by atomic mass is 10.1. The van der Waals surface area contributed by atoms with Gasteiger partial charge in [0.1, 0.15) is 5.69 Å². The topological polar surface area (TPSA) is 84.7 Å². The molecule has 1 aliphatic heterocycles. The zero-order valence-corrected chi connectivity index (χ0v) is 12.2. The van der Waals surface area contributed by atoms with Crippen LogP contribution in [0.1, 0.15) is 12.5 Å². The molecule has 114 valence electrons. The fraction of sp³-hybridized carbons (Fsp3) is 0.500. The van der Waals surface area contributed by atoms with E-state index in [0.29, 0.717) is 37.5 Å². The number of anilines is 1. The number of nitrogens with one attached hydrogen (secondary N) is 1. The van der Waals surface area contributed by atoms with Crippen LogP contribution >= 0.6 is 0 Å². The monoisotopic (exact) mass is 293 g/mol. The molecule has 0 bridgehead atoms. The normalized spacial score (nSPS) is 18.4. The molecule has 0 unspecified atom stereocenters. The first-order valence-corrected chi connectivity index (χ1v) is 6.84. The number of hydrogen-bond donors (Lipinski definition) is 1. The molecule has 1 fully saturated rings. The summed E-state index contributed by atoms with van der Waals surface area (Å²) in [6.45, 7) is 5.19. The minimum Gasteiger partial charge on any atom is -0.373 e. The van der Waals surface area contributed by atoms with Gasteiger partial charge in [-0.3, -0.25) is 14.9 Å². The molecule has 1 atom stereocenters. The Morgan fingerprint density at radius 1 is 1.57 bits per heavy atom. The standard InChI is InChI=1S/C14H19N3O4/c1-10-4-3-5-13(14(10)17(19)20)16-6-7-21-12(9-16)8-15-11(2)18/h3-5,12H,6-9H2,1-2H3,(H,15,18)/t12-/m0/s1. The zero-order valence-electron chi connectivity index (χ0n) is 12.2. The molecule has 21 heavy (non-hydrogen) atoms. The first kappa shape index (κ1) is 15.2. The van der Waals surface area contributed by atoms with E-state index in [0.717, 1.165) is 0 Å². The van der Waals surface area contributed by atoms with E-state index >= 15 is 0 Å². The van der Waals surface area contributed by atoms with Crippen LogP contribution in [0.15, 0.2) is 18.2 Å².